The minimum absolute atomic E-state index is 0.417. The van der Waals surface area contributed by atoms with E-state index in [1.807, 2.05) is 0 Å². The number of anilines is 2. The predicted molar refractivity (Wildman–Crippen MR) is 307 cm³/mol. The van der Waals surface area contributed by atoms with Crippen molar-refractivity contribution in [2.75, 3.05) is 36.8 Å². The highest BCUT2D eigenvalue weighted by atomic mass is 32.1. The van der Waals surface area contributed by atoms with Gasteiger partial charge >= 0.3 is 0 Å². The summed E-state index contributed by atoms with van der Waals surface area (Å²) in [4.78, 5) is 14.5. The maximum absolute atomic E-state index is 5.23. The first kappa shape index (κ1) is 58.1. The molecule has 0 heterocycles. The number of aliphatic imine (C=N–C) groups is 3. The van der Waals surface area contributed by atoms with Crippen molar-refractivity contribution in [1.82, 2.24) is 0 Å². The van der Waals surface area contributed by atoms with Crippen LogP contribution >= 0.6 is 12.2 Å². The van der Waals surface area contributed by atoms with Gasteiger partial charge in [0.15, 0.2) is 0 Å². The molecule has 0 radical (unpaired) electrons. The zero-order valence-corrected chi connectivity index (χ0v) is 45.2. The quantitative estimate of drug-likeness (QED) is 0.0253. The van der Waals surface area contributed by atoms with E-state index >= 15 is 0 Å². The molecule has 5 aromatic rings. The van der Waals surface area contributed by atoms with Crippen molar-refractivity contribution < 1.29 is 0 Å². The number of rotatable bonds is 21. The number of nitrogens with zero attached hydrogens (tertiary/aromatic N) is 3. The number of amidine groups is 2. The summed E-state index contributed by atoms with van der Waals surface area (Å²) >= 11 is 4.71. The summed E-state index contributed by atoms with van der Waals surface area (Å²) in [6, 6.07) is 40.7. The van der Waals surface area contributed by atoms with Crippen molar-refractivity contribution in [1.29, 1.82) is 0 Å². The van der Waals surface area contributed by atoms with E-state index in [1.54, 1.807) is 0 Å². The summed E-state index contributed by atoms with van der Waals surface area (Å²) in [6.45, 7) is 29.9. The van der Waals surface area contributed by atoms with Crippen LogP contribution in [0.4, 0.5) is 17.1 Å². The Labute approximate surface area is 424 Å². The average molecular weight is 950 g/mol. The Morgan fingerprint density at radius 1 is 0.420 bits per heavy atom. The number of unbranched alkanes of at least 4 members (excludes halogenated alkanes) is 4. The molecule has 0 amide bonds. The van der Waals surface area contributed by atoms with E-state index in [0.29, 0.717) is 35.5 Å². The maximum Gasteiger partial charge on any atom is 0.132 e. The van der Waals surface area contributed by atoms with E-state index in [2.05, 4.69) is 219 Å². The van der Waals surface area contributed by atoms with Gasteiger partial charge in [0, 0.05) is 35.6 Å². The highest BCUT2D eigenvalue weighted by Gasteiger charge is 2.18. The molecule has 5 rings (SSSR count). The van der Waals surface area contributed by atoms with Gasteiger partial charge in [0.05, 0.1) is 10.8 Å². The molecule has 0 aliphatic rings. The molecular formula is C61H87N7S. The second kappa shape index (κ2) is 31.8. The second-order valence-electron chi connectivity index (χ2n) is 19.7. The Balaban J connectivity index is 0.000000470. The van der Waals surface area contributed by atoms with E-state index < -0.39 is 0 Å². The van der Waals surface area contributed by atoms with Gasteiger partial charge in [-0.3, -0.25) is 9.98 Å². The molecule has 0 spiro atoms. The fourth-order valence-electron chi connectivity index (χ4n) is 8.16. The Bertz CT molecular complexity index is 2140. The summed E-state index contributed by atoms with van der Waals surface area (Å²) in [7, 11) is 0. The van der Waals surface area contributed by atoms with Crippen molar-refractivity contribution in [3.05, 3.63) is 160 Å². The second-order valence-corrected chi connectivity index (χ2v) is 19.9. The van der Waals surface area contributed by atoms with Gasteiger partial charge in [-0.05, 0) is 126 Å². The van der Waals surface area contributed by atoms with E-state index in [0.717, 1.165) is 86.8 Å². The lowest BCUT2D eigenvalue weighted by Crippen LogP contribution is -2.18. The molecule has 0 aliphatic heterocycles. The zero-order chi connectivity index (χ0) is 50.7. The minimum Gasteiger partial charge on any atom is -0.340 e. The third-order valence-electron chi connectivity index (χ3n) is 12.1. The third kappa shape index (κ3) is 19.2. The van der Waals surface area contributed by atoms with Gasteiger partial charge in [-0.15, -0.1) is 0 Å². The van der Waals surface area contributed by atoms with Gasteiger partial charge in [-0.25, -0.2) is 0 Å². The Morgan fingerprint density at radius 2 is 0.725 bits per heavy atom. The molecule has 0 fully saturated rings. The van der Waals surface area contributed by atoms with Crippen LogP contribution in [0.15, 0.2) is 130 Å². The lowest BCUT2D eigenvalue weighted by Gasteiger charge is -2.22. The first-order chi connectivity index (χ1) is 33.2. The molecule has 0 unspecified atom stereocenters. The van der Waals surface area contributed by atoms with Crippen LogP contribution < -0.4 is 22.1 Å². The van der Waals surface area contributed by atoms with Crippen LogP contribution in [0.2, 0.25) is 0 Å². The number of isothiocyanates is 1. The van der Waals surface area contributed by atoms with Crippen molar-refractivity contribution in [3.63, 3.8) is 0 Å². The monoisotopic (exact) mass is 950 g/mol. The van der Waals surface area contributed by atoms with Crippen molar-refractivity contribution >= 4 is 46.1 Å². The molecule has 69 heavy (non-hydrogen) atoms. The molecule has 0 saturated carbocycles. The predicted octanol–water partition coefficient (Wildman–Crippen LogP) is 16.5. The first-order valence-electron chi connectivity index (χ1n) is 25.8. The number of nitrogens with two attached hydrogens (primary N) is 2. The van der Waals surface area contributed by atoms with Gasteiger partial charge in [-0.2, -0.15) is 4.99 Å². The smallest absolute Gasteiger partial charge is 0.132 e. The fourth-order valence-corrected chi connectivity index (χ4v) is 8.25. The molecule has 7 nitrogen and oxygen atoms in total. The lowest BCUT2D eigenvalue weighted by atomic mass is 9.92. The van der Waals surface area contributed by atoms with E-state index in [4.69, 9.17) is 33.7 Å². The van der Waals surface area contributed by atoms with E-state index in [-0.39, 0.29) is 0 Å². The van der Waals surface area contributed by atoms with Crippen LogP contribution in [0.25, 0.3) is 0 Å². The largest absolute Gasteiger partial charge is 0.340 e. The highest BCUT2D eigenvalue weighted by Crippen LogP contribution is 2.36. The topological polar surface area (TPSA) is 113 Å². The molecule has 0 bridgehead atoms. The minimum atomic E-state index is 0.417. The molecule has 6 N–H and O–H groups in total. The van der Waals surface area contributed by atoms with Gasteiger partial charge < -0.3 is 22.1 Å². The van der Waals surface area contributed by atoms with Gasteiger partial charge in [0.1, 0.15) is 11.7 Å². The van der Waals surface area contributed by atoms with Crippen molar-refractivity contribution in [2.45, 2.75) is 157 Å². The Kier molecular flexibility index (Phi) is 26.8. The molecule has 0 saturated heterocycles. The van der Waals surface area contributed by atoms with E-state index in [1.165, 1.54) is 51.2 Å². The summed E-state index contributed by atoms with van der Waals surface area (Å²) in [6.07, 6.45) is 6.52. The van der Waals surface area contributed by atoms with Crippen molar-refractivity contribution in [2.24, 2.45) is 26.4 Å². The molecule has 0 atom stereocenters. The summed E-state index contributed by atoms with van der Waals surface area (Å²) < 4.78 is 0. The Morgan fingerprint density at radius 3 is 1.01 bits per heavy atom. The van der Waals surface area contributed by atoms with Crippen LogP contribution in [-0.4, -0.2) is 43.0 Å². The highest BCUT2D eigenvalue weighted by molar-refractivity contribution is 7.78. The van der Waals surface area contributed by atoms with Gasteiger partial charge in [0.2, 0.25) is 0 Å². The fraction of sp³-hybridized carbons (Fsp3) is 0.459. The zero-order valence-electron chi connectivity index (χ0n) is 44.4. The number of hydrogen-bond donors (Lipinski definition) is 4. The molecule has 0 aromatic heterocycles. The SMILES string of the molecule is CC(C)c1cccc(C(C)C)c1N=C=S.CC(C)c1cccc(C(C)C)c1NC(=NCCCCCN=C(Nc1c(C(C)C)cccc1C(C)C)c1ccccc1)c1ccccc1.NCCCCCN. The van der Waals surface area contributed by atoms with Crippen LogP contribution in [0.5, 0.6) is 0 Å². The standard InChI is InChI=1S/C43H56N4.C13H17NS.C5H14N2/c1-30(2)36-24-18-25-37(31(3)4)40(36)46-42(34-20-12-9-13-21-34)44-28-16-11-17-29-45-43(35-22-14-10-15-23-35)47-41-38(32(5)6)26-19-27-39(41)33(7)8;1-9(2)11-6-5-7-12(10(3)4)13(11)14-8-15;6-4-2-1-3-5-7/h9-10,12-15,18-27,30-33H,11,16-17,28-29H2,1-8H3,(H,44,46)(H,45,47);5-7,9-10H,1-4H3;1-7H2. The van der Waals surface area contributed by atoms with E-state index in [9.17, 15) is 0 Å². The number of hydrogen-bond acceptors (Lipinski definition) is 6. The van der Waals surface area contributed by atoms with Gasteiger partial charge in [0.25, 0.3) is 0 Å². The molecular weight excluding hydrogens is 863 g/mol. The van der Waals surface area contributed by atoms with Crippen LogP contribution in [-0.2, 0) is 0 Å². The normalized spacial score (nSPS) is 11.7. The first-order valence-corrected chi connectivity index (χ1v) is 26.2. The summed E-state index contributed by atoms with van der Waals surface area (Å²) in [5.41, 5.74) is 23.9. The average Bonchev–Trinajstić information content (AvgIpc) is 3.33. The third-order valence-corrected chi connectivity index (χ3v) is 12.2. The number of para-hydroxylation sites is 3. The van der Waals surface area contributed by atoms with Crippen LogP contribution in [0.1, 0.15) is 202 Å². The molecule has 0 aliphatic carbocycles. The van der Waals surface area contributed by atoms with Crippen LogP contribution in [0.3, 0.4) is 0 Å². The van der Waals surface area contributed by atoms with Crippen LogP contribution in [0, 0.1) is 0 Å². The maximum atomic E-state index is 5.23. The Hall–Kier alpha value is -5.24. The molecule has 5 aromatic carbocycles. The summed E-state index contributed by atoms with van der Waals surface area (Å²) in [5.74, 6) is 4.48. The molecule has 8 heteroatoms. The summed E-state index contributed by atoms with van der Waals surface area (Å²) in [5, 5.41) is 10.1. The lowest BCUT2D eigenvalue weighted by molar-refractivity contribution is 0.695. The van der Waals surface area contributed by atoms with Crippen molar-refractivity contribution in [3.8, 4) is 0 Å². The molecule has 372 valence electrons. The number of thiocarbonyl (C=S) groups is 1. The number of benzene rings is 5. The van der Waals surface area contributed by atoms with Gasteiger partial charge in [-0.1, -0.05) is 205 Å². The number of nitrogens with one attached hydrogen (secondary N) is 2.